The molecule has 0 aromatic heterocycles. The average Bonchev–Trinajstić information content (AvgIpc) is 2.55. The van der Waals surface area contributed by atoms with Crippen LogP contribution in [0.4, 0.5) is 13.2 Å². The number of benzene rings is 1. The van der Waals surface area contributed by atoms with Crippen LogP contribution >= 0.6 is 0 Å². The van der Waals surface area contributed by atoms with Gasteiger partial charge in [-0.05, 0) is 67.7 Å². The number of allylic oxidation sites excluding steroid dienone is 4. The van der Waals surface area contributed by atoms with Gasteiger partial charge in [-0.2, -0.15) is 0 Å². The van der Waals surface area contributed by atoms with Crippen molar-refractivity contribution in [2.75, 3.05) is 0 Å². The molecule has 1 aromatic rings. The molecule has 0 aliphatic rings. The zero-order valence-electron chi connectivity index (χ0n) is 15.8. The van der Waals surface area contributed by atoms with E-state index in [4.69, 9.17) is 0 Å². The van der Waals surface area contributed by atoms with Gasteiger partial charge < -0.3 is 0 Å². The van der Waals surface area contributed by atoms with Crippen LogP contribution in [0.3, 0.4) is 0 Å². The Balaban J connectivity index is 2.50. The standard InChI is InChI=1S/C22H29F3/c1-14(2)13-20(23)18(6)16(4)9-7-15(3)8-11-19-12-10-17(5)21(24)22(19)25/h10,12-13,15-16H,1,6-9,11H2,2-5H3/b20-13+. The van der Waals surface area contributed by atoms with Crippen LogP contribution in [0.25, 0.3) is 0 Å². The molecule has 0 heterocycles. The maximum Gasteiger partial charge on any atom is 0.162 e. The predicted molar refractivity (Wildman–Crippen MR) is 100 cm³/mol. The van der Waals surface area contributed by atoms with Crippen molar-refractivity contribution < 1.29 is 13.2 Å². The molecule has 0 N–H and O–H groups in total. The monoisotopic (exact) mass is 350 g/mol. The van der Waals surface area contributed by atoms with E-state index < -0.39 is 11.6 Å². The quantitative estimate of drug-likeness (QED) is 0.412. The van der Waals surface area contributed by atoms with Crippen LogP contribution in [0.2, 0.25) is 0 Å². The van der Waals surface area contributed by atoms with Gasteiger partial charge in [0.1, 0.15) is 5.83 Å². The van der Waals surface area contributed by atoms with Gasteiger partial charge in [-0.3, -0.25) is 0 Å². The molecule has 25 heavy (non-hydrogen) atoms. The van der Waals surface area contributed by atoms with Crippen molar-refractivity contribution in [3.8, 4) is 0 Å². The van der Waals surface area contributed by atoms with E-state index in [9.17, 15) is 13.2 Å². The van der Waals surface area contributed by atoms with E-state index in [0.717, 1.165) is 19.3 Å². The highest BCUT2D eigenvalue weighted by atomic mass is 19.2. The Labute approximate surface area is 150 Å². The molecule has 1 rings (SSSR count). The van der Waals surface area contributed by atoms with Gasteiger partial charge in [-0.1, -0.05) is 51.1 Å². The maximum absolute atomic E-state index is 13.9. The lowest BCUT2D eigenvalue weighted by molar-refractivity contribution is 0.426. The van der Waals surface area contributed by atoms with Crippen LogP contribution in [0.15, 0.2) is 48.3 Å². The first-order valence-corrected chi connectivity index (χ1v) is 8.78. The first-order valence-electron chi connectivity index (χ1n) is 8.78. The Morgan fingerprint density at radius 2 is 1.72 bits per heavy atom. The van der Waals surface area contributed by atoms with Gasteiger partial charge in [-0.25, -0.2) is 13.2 Å². The van der Waals surface area contributed by atoms with E-state index in [1.165, 1.54) is 6.08 Å². The topological polar surface area (TPSA) is 0 Å². The lowest BCUT2D eigenvalue weighted by atomic mass is 9.89. The minimum absolute atomic E-state index is 0.0339. The van der Waals surface area contributed by atoms with Crippen molar-refractivity contribution in [2.24, 2.45) is 11.8 Å². The fourth-order valence-electron chi connectivity index (χ4n) is 2.68. The van der Waals surface area contributed by atoms with E-state index in [1.807, 2.05) is 6.92 Å². The van der Waals surface area contributed by atoms with Crippen LogP contribution in [0.5, 0.6) is 0 Å². The molecule has 0 saturated heterocycles. The van der Waals surface area contributed by atoms with Gasteiger partial charge in [0.15, 0.2) is 11.6 Å². The SMILES string of the molecule is C=C(C)/C=C(/F)C(=C)C(C)CCC(C)CCc1ccc(C)c(F)c1F. The average molecular weight is 350 g/mol. The minimum atomic E-state index is -0.755. The van der Waals surface area contributed by atoms with E-state index in [2.05, 4.69) is 20.1 Å². The van der Waals surface area contributed by atoms with Crippen LogP contribution < -0.4 is 0 Å². The Morgan fingerprint density at radius 3 is 2.32 bits per heavy atom. The molecular weight excluding hydrogens is 321 g/mol. The first kappa shape index (κ1) is 21.3. The molecule has 0 nitrogen and oxygen atoms in total. The minimum Gasteiger partial charge on any atom is -0.207 e. The molecule has 138 valence electrons. The Hall–Kier alpha value is -1.77. The highest BCUT2D eigenvalue weighted by Crippen LogP contribution is 2.27. The molecule has 0 spiro atoms. The second kappa shape index (κ2) is 9.65. The van der Waals surface area contributed by atoms with Crippen molar-refractivity contribution >= 4 is 0 Å². The summed E-state index contributed by atoms with van der Waals surface area (Å²) < 4.78 is 41.4. The van der Waals surface area contributed by atoms with Crippen LogP contribution in [0, 0.1) is 30.4 Å². The third kappa shape index (κ3) is 6.56. The van der Waals surface area contributed by atoms with Gasteiger partial charge in [0, 0.05) is 0 Å². The number of hydrogen-bond acceptors (Lipinski definition) is 0. The molecule has 0 aliphatic carbocycles. The fourth-order valence-corrected chi connectivity index (χ4v) is 2.68. The fraction of sp³-hybridized carbons (Fsp3) is 0.455. The Kier molecular flexibility index (Phi) is 8.21. The lowest BCUT2D eigenvalue weighted by Crippen LogP contribution is -2.05. The Morgan fingerprint density at radius 1 is 1.08 bits per heavy atom. The van der Waals surface area contributed by atoms with Gasteiger partial charge >= 0.3 is 0 Å². The van der Waals surface area contributed by atoms with Crippen LogP contribution in [0.1, 0.15) is 51.2 Å². The van der Waals surface area contributed by atoms with E-state index in [1.54, 1.807) is 26.0 Å². The molecule has 0 bridgehead atoms. The van der Waals surface area contributed by atoms with Gasteiger partial charge in [-0.15, -0.1) is 0 Å². The zero-order valence-corrected chi connectivity index (χ0v) is 15.8. The molecule has 0 fully saturated rings. The molecule has 0 radical (unpaired) electrons. The van der Waals surface area contributed by atoms with E-state index in [-0.39, 0.29) is 11.7 Å². The molecule has 2 atom stereocenters. The van der Waals surface area contributed by atoms with Gasteiger partial charge in [0.05, 0.1) is 0 Å². The molecule has 2 unspecified atom stereocenters. The molecule has 0 amide bonds. The first-order chi connectivity index (χ1) is 11.6. The summed E-state index contributed by atoms with van der Waals surface area (Å²) in [6, 6.07) is 3.27. The molecule has 3 heteroatoms. The molecule has 1 aromatic carbocycles. The lowest BCUT2D eigenvalue weighted by Gasteiger charge is -2.17. The molecule has 0 saturated carbocycles. The third-order valence-corrected chi connectivity index (χ3v) is 4.63. The van der Waals surface area contributed by atoms with E-state index in [0.29, 0.717) is 34.6 Å². The molecular formula is C22H29F3. The van der Waals surface area contributed by atoms with E-state index >= 15 is 0 Å². The number of rotatable bonds is 9. The summed E-state index contributed by atoms with van der Waals surface area (Å²) in [4.78, 5) is 0. The van der Waals surface area contributed by atoms with Crippen molar-refractivity contribution in [3.05, 3.63) is 71.1 Å². The highest BCUT2D eigenvalue weighted by Gasteiger charge is 2.15. The van der Waals surface area contributed by atoms with Crippen molar-refractivity contribution in [2.45, 2.75) is 53.4 Å². The van der Waals surface area contributed by atoms with Gasteiger partial charge in [0.2, 0.25) is 0 Å². The smallest absolute Gasteiger partial charge is 0.162 e. The van der Waals surface area contributed by atoms with Crippen LogP contribution in [-0.2, 0) is 6.42 Å². The normalized spacial score (nSPS) is 14.3. The Bertz CT molecular complexity index is 655. The summed E-state index contributed by atoms with van der Waals surface area (Å²) in [5, 5.41) is 0. The van der Waals surface area contributed by atoms with Crippen molar-refractivity contribution in [3.63, 3.8) is 0 Å². The summed E-state index contributed by atoms with van der Waals surface area (Å²) in [6.45, 7) is 14.8. The summed E-state index contributed by atoms with van der Waals surface area (Å²) in [5.74, 6) is -1.43. The summed E-state index contributed by atoms with van der Waals surface area (Å²) >= 11 is 0. The summed E-state index contributed by atoms with van der Waals surface area (Å²) in [6.07, 6.45) is 4.36. The number of halogens is 3. The van der Waals surface area contributed by atoms with Crippen molar-refractivity contribution in [1.29, 1.82) is 0 Å². The predicted octanol–water partition coefficient (Wildman–Crippen LogP) is 7.24. The third-order valence-electron chi connectivity index (χ3n) is 4.63. The maximum atomic E-state index is 13.9. The molecule has 0 aliphatic heterocycles. The second-order valence-corrected chi connectivity index (χ2v) is 7.16. The number of aryl methyl sites for hydroxylation is 2. The highest BCUT2D eigenvalue weighted by molar-refractivity contribution is 5.30. The zero-order chi connectivity index (χ0) is 19.1. The summed E-state index contributed by atoms with van der Waals surface area (Å²) in [5.41, 5.74) is 1.89. The van der Waals surface area contributed by atoms with Gasteiger partial charge in [0.25, 0.3) is 0 Å². The van der Waals surface area contributed by atoms with Crippen molar-refractivity contribution in [1.82, 2.24) is 0 Å². The number of hydrogen-bond donors (Lipinski definition) is 0. The largest absolute Gasteiger partial charge is 0.207 e. The summed E-state index contributed by atoms with van der Waals surface area (Å²) in [7, 11) is 0. The van der Waals surface area contributed by atoms with Crippen LogP contribution in [-0.4, -0.2) is 0 Å². The second-order valence-electron chi connectivity index (χ2n) is 7.16.